The van der Waals surface area contributed by atoms with Gasteiger partial charge in [0.1, 0.15) is 16.5 Å². The molecule has 0 spiro atoms. The Kier molecular flexibility index (Phi) is 4.91. The molecule has 0 saturated carbocycles. The number of hydrogen-bond acceptors (Lipinski definition) is 3. The van der Waals surface area contributed by atoms with E-state index in [1.54, 1.807) is 22.0 Å². The molecule has 2 heterocycles. The molecule has 31 heavy (non-hydrogen) atoms. The first-order valence-electron chi connectivity index (χ1n) is 10.2. The van der Waals surface area contributed by atoms with Crippen LogP contribution in [0.15, 0.2) is 71.5 Å². The smallest absolute Gasteiger partial charge is 0.262 e. The molecule has 5 aromatic rings. The first-order valence-corrected chi connectivity index (χ1v) is 11.0. The molecule has 0 unspecified atom stereocenters. The van der Waals surface area contributed by atoms with E-state index in [4.69, 9.17) is 4.98 Å². The van der Waals surface area contributed by atoms with Crippen molar-refractivity contribution in [2.75, 3.05) is 0 Å². The van der Waals surface area contributed by atoms with Gasteiger partial charge in [-0.3, -0.25) is 9.36 Å². The number of aromatic nitrogens is 2. The molecule has 2 aromatic heterocycles. The average Bonchev–Trinajstić information content (AvgIpc) is 3.04. The largest absolute Gasteiger partial charge is 0.291 e. The highest BCUT2D eigenvalue weighted by Gasteiger charge is 2.18. The van der Waals surface area contributed by atoms with Gasteiger partial charge in [0, 0.05) is 11.3 Å². The summed E-state index contributed by atoms with van der Waals surface area (Å²) in [5.74, 6) is 0.386. The Balaban J connectivity index is 1.71. The molecule has 5 rings (SSSR count). The summed E-state index contributed by atoms with van der Waals surface area (Å²) in [5.41, 5.74) is 2.77. The second kappa shape index (κ2) is 7.75. The third kappa shape index (κ3) is 3.55. The zero-order valence-corrected chi connectivity index (χ0v) is 18.2. The summed E-state index contributed by atoms with van der Waals surface area (Å²) in [7, 11) is 0. The van der Waals surface area contributed by atoms with Gasteiger partial charge in [-0.2, -0.15) is 0 Å². The van der Waals surface area contributed by atoms with E-state index in [0.29, 0.717) is 17.6 Å². The second-order valence-corrected chi connectivity index (χ2v) is 9.03. The van der Waals surface area contributed by atoms with Crippen LogP contribution in [0.5, 0.6) is 0 Å². The maximum Gasteiger partial charge on any atom is 0.262 e. The molecule has 0 amide bonds. The first-order chi connectivity index (χ1) is 15.0. The number of fused-ring (bicyclic) bond motifs is 2. The van der Waals surface area contributed by atoms with Crippen molar-refractivity contribution in [2.24, 2.45) is 0 Å². The van der Waals surface area contributed by atoms with E-state index >= 15 is 0 Å². The molecule has 0 aliphatic heterocycles. The number of halogens is 1. The van der Waals surface area contributed by atoms with Crippen LogP contribution in [0, 0.1) is 19.7 Å². The minimum Gasteiger partial charge on any atom is -0.291 e. The van der Waals surface area contributed by atoms with E-state index in [1.165, 1.54) is 12.1 Å². The predicted octanol–water partition coefficient (Wildman–Crippen LogP) is 6.01. The van der Waals surface area contributed by atoms with Crippen LogP contribution >= 0.6 is 11.3 Å². The molecule has 0 saturated heterocycles. The predicted molar refractivity (Wildman–Crippen MR) is 126 cm³/mol. The van der Waals surface area contributed by atoms with E-state index in [2.05, 4.69) is 24.3 Å². The van der Waals surface area contributed by atoms with Crippen molar-refractivity contribution in [3.63, 3.8) is 0 Å². The minimum atomic E-state index is -0.308. The topological polar surface area (TPSA) is 34.9 Å². The van der Waals surface area contributed by atoms with Gasteiger partial charge in [-0.05, 0) is 53.4 Å². The maximum atomic E-state index is 13.8. The Labute approximate surface area is 183 Å². The van der Waals surface area contributed by atoms with Gasteiger partial charge in [-0.1, -0.05) is 54.6 Å². The molecular formula is C26H21FN2OS. The van der Waals surface area contributed by atoms with Gasteiger partial charge in [0.15, 0.2) is 0 Å². The summed E-state index contributed by atoms with van der Waals surface area (Å²) in [6.45, 7) is 4.27. The Morgan fingerprint density at radius 2 is 1.77 bits per heavy atom. The maximum absolute atomic E-state index is 13.8. The third-order valence-corrected chi connectivity index (χ3v) is 6.93. The van der Waals surface area contributed by atoms with Crippen molar-refractivity contribution < 1.29 is 4.39 Å². The summed E-state index contributed by atoms with van der Waals surface area (Å²) in [6.07, 6.45) is 0.526. The summed E-state index contributed by atoms with van der Waals surface area (Å²) in [5, 5.41) is 2.97. The lowest BCUT2D eigenvalue weighted by Gasteiger charge is -2.14. The van der Waals surface area contributed by atoms with E-state index in [0.717, 1.165) is 37.2 Å². The summed E-state index contributed by atoms with van der Waals surface area (Å²) in [4.78, 5) is 20.4. The van der Waals surface area contributed by atoms with Crippen LogP contribution in [0.2, 0.25) is 0 Å². The number of nitrogens with zero attached hydrogens (tertiary/aromatic N) is 2. The van der Waals surface area contributed by atoms with Crippen LogP contribution in [-0.2, 0) is 13.0 Å². The fourth-order valence-electron chi connectivity index (χ4n) is 4.10. The second-order valence-electron chi connectivity index (χ2n) is 7.83. The standard InChI is InChI=1S/C26H21FN2OS/c1-16-17(2)31-25-24(16)26(30)29(15-18-7-5-11-21(27)13-18)23(28-25)14-20-10-6-9-19-8-3-4-12-22(19)20/h3-13H,14-15H2,1-2H3. The van der Waals surface area contributed by atoms with Crippen LogP contribution in [-0.4, -0.2) is 9.55 Å². The van der Waals surface area contributed by atoms with E-state index < -0.39 is 0 Å². The van der Waals surface area contributed by atoms with Gasteiger partial charge in [-0.25, -0.2) is 9.37 Å². The molecule has 3 aromatic carbocycles. The molecule has 5 heteroatoms. The van der Waals surface area contributed by atoms with E-state index in [9.17, 15) is 9.18 Å². The van der Waals surface area contributed by atoms with Gasteiger partial charge in [0.2, 0.25) is 0 Å². The highest BCUT2D eigenvalue weighted by Crippen LogP contribution is 2.28. The van der Waals surface area contributed by atoms with Crippen LogP contribution in [0.25, 0.3) is 21.0 Å². The lowest BCUT2D eigenvalue weighted by atomic mass is 10.0. The molecule has 0 aliphatic rings. The average molecular weight is 429 g/mol. The van der Waals surface area contributed by atoms with Crippen molar-refractivity contribution in [1.29, 1.82) is 0 Å². The summed E-state index contributed by atoms with van der Waals surface area (Å²) >= 11 is 1.55. The van der Waals surface area contributed by atoms with Crippen LogP contribution in [0.4, 0.5) is 4.39 Å². The van der Waals surface area contributed by atoms with Crippen molar-refractivity contribution in [1.82, 2.24) is 9.55 Å². The first kappa shape index (κ1) is 19.6. The minimum absolute atomic E-state index is 0.0636. The van der Waals surface area contributed by atoms with Crippen molar-refractivity contribution in [3.8, 4) is 0 Å². The van der Waals surface area contributed by atoms with Gasteiger partial charge < -0.3 is 0 Å². The Bertz CT molecular complexity index is 1490. The van der Waals surface area contributed by atoms with Gasteiger partial charge >= 0.3 is 0 Å². The lowest BCUT2D eigenvalue weighted by Crippen LogP contribution is -2.26. The van der Waals surface area contributed by atoms with Crippen molar-refractivity contribution in [2.45, 2.75) is 26.8 Å². The molecule has 3 nitrogen and oxygen atoms in total. The van der Waals surface area contributed by atoms with Gasteiger partial charge in [-0.15, -0.1) is 11.3 Å². The number of rotatable bonds is 4. The van der Waals surface area contributed by atoms with Crippen LogP contribution in [0.3, 0.4) is 0 Å². The quantitative estimate of drug-likeness (QED) is 0.352. The molecule has 0 N–H and O–H groups in total. The Morgan fingerprint density at radius 3 is 2.61 bits per heavy atom. The van der Waals surface area contributed by atoms with Gasteiger partial charge in [0.25, 0.3) is 5.56 Å². The molecule has 0 bridgehead atoms. The lowest BCUT2D eigenvalue weighted by molar-refractivity contribution is 0.620. The molecule has 0 atom stereocenters. The van der Waals surface area contributed by atoms with Gasteiger partial charge in [0.05, 0.1) is 11.9 Å². The Morgan fingerprint density at radius 1 is 1.00 bits per heavy atom. The molecular weight excluding hydrogens is 407 g/mol. The normalized spacial score (nSPS) is 11.5. The molecule has 0 radical (unpaired) electrons. The summed E-state index contributed by atoms with van der Waals surface area (Å²) < 4.78 is 15.5. The fraction of sp³-hybridized carbons (Fsp3) is 0.154. The van der Waals surface area contributed by atoms with E-state index in [1.807, 2.05) is 38.1 Å². The number of hydrogen-bond donors (Lipinski definition) is 0. The molecule has 0 aliphatic carbocycles. The molecule has 154 valence electrons. The molecule has 0 fully saturated rings. The van der Waals surface area contributed by atoms with Crippen LogP contribution in [0.1, 0.15) is 27.4 Å². The highest BCUT2D eigenvalue weighted by molar-refractivity contribution is 7.18. The highest BCUT2D eigenvalue weighted by atomic mass is 32.1. The van der Waals surface area contributed by atoms with Crippen molar-refractivity contribution >= 4 is 32.3 Å². The van der Waals surface area contributed by atoms with E-state index in [-0.39, 0.29) is 17.9 Å². The number of aryl methyl sites for hydroxylation is 2. The number of benzene rings is 3. The number of thiophene rings is 1. The zero-order valence-electron chi connectivity index (χ0n) is 17.4. The van der Waals surface area contributed by atoms with Crippen molar-refractivity contribution in [3.05, 3.63) is 110 Å². The third-order valence-electron chi connectivity index (χ3n) is 5.83. The Hall–Kier alpha value is -3.31. The van der Waals surface area contributed by atoms with Crippen LogP contribution < -0.4 is 5.56 Å². The summed E-state index contributed by atoms with van der Waals surface area (Å²) in [6, 6.07) is 20.8. The monoisotopic (exact) mass is 428 g/mol. The SMILES string of the molecule is Cc1sc2nc(Cc3cccc4ccccc34)n(Cc3cccc(F)c3)c(=O)c2c1C. The fourth-order valence-corrected chi connectivity index (χ4v) is 5.14. The zero-order chi connectivity index (χ0) is 21.5.